The lowest BCUT2D eigenvalue weighted by molar-refractivity contribution is -0.138. The summed E-state index contributed by atoms with van der Waals surface area (Å²) < 4.78 is 16.5. The molecule has 0 aromatic heterocycles. The maximum Gasteiger partial charge on any atom is 0.338 e. The van der Waals surface area contributed by atoms with Crippen molar-refractivity contribution >= 4 is 29.4 Å². The van der Waals surface area contributed by atoms with Gasteiger partial charge in [0.1, 0.15) is 6.10 Å². The monoisotopic (exact) mass is 494 g/mol. The number of nitrogens with two attached hydrogens (primary N) is 2. The zero-order valence-corrected chi connectivity index (χ0v) is 21.3. The summed E-state index contributed by atoms with van der Waals surface area (Å²) in [6, 6.07) is 12.5. The van der Waals surface area contributed by atoms with E-state index in [-0.39, 0.29) is 30.7 Å². The summed E-state index contributed by atoms with van der Waals surface area (Å²) >= 11 is 0. The Hall–Kier alpha value is -3.32. The van der Waals surface area contributed by atoms with Crippen LogP contribution in [-0.4, -0.2) is 37.9 Å². The molecule has 36 heavy (non-hydrogen) atoms. The van der Waals surface area contributed by atoms with E-state index in [2.05, 4.69) is 6.92 Å². The normalized spacial score (nSPS) is 18.6. The Morgan fingerprint density at radius 2 is 1.64 bits per heavy atom. The minimum atomic E-state index is -0.427. The molecule has 1 saturated carbocycles. The summed E-state index contributed by atoms with van der Waals surface area (Å²) in [6.07, 6.45) is 9.63. The molecule has 194 valence electrons. The molecule has 1 atom stereocenters. The highest BCUT2D eigenvalue weighted by Crippen LogP contribution is 2.27. The summed E-state index contributed by atoms with van der Waals surface area (Å²) in [5, 5.41) is 0. The maximum atomic E-state index is 12.5. The number of hydrogen-bond acceptors (Lipinski definition) is 7. The Morgan fingerprint density at radius 3 is 2.25 bits per heavy atom. The highest BCUT2D eigenvalue weighted by molar-refractivity contribution is 5.90. The third-order valence-corrected chi connectivity index (χ3v) is 6.59. The van der Waals surface area contributed by atoms with Gasteiger partial charge in [-0.2, -0.15) is 0 Å². The lowest BCUT2D eigenvalue weighted by Gasteiger charge is -2.27. The second-order valence-corrected chi connectivity index (χ2v) is 9.40. The first kappa shape index (κ1) is 27.3. The van der Waals surface area contributed by atoms with Crippen molar-refractivity contribution in [2.45, 2.75) is 70.0 Å². The SMILES string of the molecule is CCCCC(COC(=O)C=Cc1ccc(C(=O)OC2CCC(OC)CC2)cc1)c1cc(N)cc(N)c1. The number of rotatable bonds is 11. The van der Waals surface area contributed by atoms with E-state index >= 15 is 0 Å². The summed E-state index contributed by atoms with van der Waals surface area (Å²) in [4.78, 5) is 24.8. The van der Waals surface area contributed by atoms with Crippen LogP contribution in [0.1, 0.15) is 79.3 Å². The summed E-state index contributed by atoms with van der Waals surface area (Å²) in [7, 11) is 1.72. The van der Waals surface area contributed by atoms with E-state index in [1.807, 2.05) is 12.1 Å². The van der Waals surface area contributed by atoms with Crippen LogP contribution in [0.3, 0.4) is 0 Å². The first-order valence-corrected chi connectivity index (χ1v) is 12.7. The molecule has 7 heteroatoms. The molecule has 1 unspecified atom stereocenters. The summed E-state index contributed by atoms with van der Waals surface area (Å²) in [5.74, 6) is -0.724. The fourth-order valence-corrected chi connectivity index (χ4v) is 4.47. The predicted octanol–water partition coefficient (Wildman–Crippen LogP) is 5.50. The molecule has 7 nitrogen and oxygen atoms in total. The molecule has 4 N–H and O–H groups in total. The minimum Gasteiger partial charge on any atom is -0.462 e. The fourth-order valence-electron chi connectivity index (χ4n) is 4.47. The van der Waals surface area contributed by atoms with Crippen LogP contribution in [0.4, 0.5) is 11.4 Å². The van der Waals surface area contributed by atoms with Gasteiger partial charge in [-0.15, -0.1) is 0 Å². The largest absolute Gasteiger partial charge is 0.462 e. The van der Waals surface area contributed by atoms with Crippen LogP contribution < -0.4 is 11.5 Å². The number of esters is 2. The molecule has 1 aliphatic carbocycles. The number of benzene rings is 2. The minimum absolute atomic E-state index is 0.0305. The maximum absolute atomic E-state index is 12.5. The Labute approximate surface area is 213 Å². The topological polar surface area (TPSA) is 114 Å². The van der Waals surface area contributed by atoms with Crippen LogP contribution in [0.15, 0.2) is 48.5 Å². The second-order valence-electron chi connectivity index (χ2n) is 9.40. The first-order valence-electron chi connectivity index (χ1n) is 12.7. The standard InChI is InChI=1S/C29H38N2O5/c1-3-4-5-22(23-16-24(30)18-25(31)17-23)19-35-28(32)15-8-20-6-9-21(10-7-20)29(33)36-27-13-11-26(34-2)12-14-27/h6-10,15-18,22,26-27H,3-5,11-14,19,30-31H2,1-2H3. The van der Waals surface area contributed by atoms with Gasteiger partial charge in [0.2, 0.25) is 0 Å². The van der Waals surface area contributed by atoms with E-state index in [0.717, 1.165) is 56.1 Å². The van der Waals surface area contributed by atoms with Crippen LogP contribution >= 0.6 is 0 Å². The lowest BCUT2D eigenvalue weighted by Crippen LogP contribution is -2.27. The Morgan fingerprint density at radius 1 is 1.00 bits per heavy atom. The molecule has 0 spiro atoms. The number of carbonyl (C=O) groups is 2. The number of hydrogen-bond donors (Lipinski definition) is 2. The molecule has 2 aromatic rings. The fraction of sp³-hybridized carbons (Fsp3) is 0.448. The average Bonchev–Trinajstić information content (AvgIpc) is 2.87. The van der Waals surface area contributed by atoms with Gasteiger partial charge in [0.05, 0.1) is 18.3 Å². The predicted molar refractivity (Wildman–Crippen MR) is 142 cm³/mol. The van der Waals surface area contributed by atoms with Gasteiger partial charge in [-0.25, -0.2) is 9.59 Å². The van der Waals surface area contributed by atoms with Crippen molar-refractivity contribution in [2.24, 2.45) is 0 Å². The number of nitrogen functional groups attached to an aromatic ring is 2. The Balaban J connectivity index is 1.50. The van der Waals surface area contributed by atoms with Gasteiger partial charge in [0, 0.05) is 30.5 Å². The van der Waals surface area contributed by atoms with E-state index in [0.29, 0.717) is 16.9 Å². The van der Waals surface area contributed by atoms with Gasteiger partial charge in [-0.1, -0.05) is 31.9 Å². The third-order valence-electron chi connectivity index (χ3n) is 6.59. The van der Waals surface area contributed by atoms with E-state index in [4.69, 9.17) is 25.7 Å². The molecule has 3 rings (SSSR count). The van der Waals surface area contributed by atoms with Gasteiger partial charge >= 0.3 is 11.9 Å². The van der Waals surface area contributed by atoms with Crippen LogP contribution in [-0.2, 0) is 19.0 Å². The molecule has 0 heterocycles. The van der Waals surface area contributed by atoms with E-state index in [9.17, 15) is 9.59 Å². The van der Waals surface area contributed by atoms with E-state index in [1.54, 1.807) is 43.5 Å². The molecule has 0 amide bonds. The highest BCUT2D eigenvalue weighted by atomic mass is 16.5. The summed E-state index contributed by atoms with van der Waals surface area (Å²) in [6.45, 7) is 2.38. The van der Waals surface area contributed by atoms with Gasteiger partial charge in [-0.3, -0.25) is 0 Å². The molecular weight excluding hydrogens is 456 g/mol. The number of anilines is 2. The van der Waals surface area contributed by atoms with Crippen LogP contribution in [0.25, 0.3) is 6.08 Å². The average molecular weight is 495 g/mol. The van der Waals surface area contributed by atoms with E-state index in [1.165, 1.54) is 6.08 Å². The molecular formula is C29H38N2O5. The van der Waals surface area contributed by atoms with Crippen molar-refractivity contribution in [2.75, 3.05) is 25.2 Å². The number of unbranched alkanes of at least 4 members (excludes halogenated alkanes) is 1. The van der Waals surface area contributed by atoms with E-state index < -0.39 is 5.97 Å². The van der Waals surface area contributed by atoms with Crippen molar-refractivity contribution in [3.05, 3.63) is 65.2 Å². The van der Waals surface area contributed by atoms with Crippen LogP contribution in [0.2, 0.25) is 0 Å². The molecule has 0 aliphatic heterocycles. The highest BCUT2D eigenvalue weighted by Gasteiger charge is 2.24. The molecule has 0 bridgehead atoms. The van der Waals surface area contributed by atoms with Gasteiger partial charge in [0.15, 0.2) is 0 Å². The molecule has 0 saturated heterocycles. The zero-order valence-electron chi connectivity index (χ0n) is 21.3. The van der Waals surface area contributed by atoms with Crippen molar-refractivity contribution in [3.63, 3.8) is 0 Å². The Kier molecular flexibility index (Phi) is 10.4. The third kappa shape index (κ3) is 8.41. The van der Waals surface area contributed by atoms with Crippen molar-refractivity contribution in [1.29, 1.82) is 0 Å². The molecule has 2 aromatic carbocycles. The first-order chi connectivity index (χ1) is 17.4. The zero-order chi connectivity index (χ0) is 25.9. The smallest absolute Gasteiger partial charge is 0.338 e. The Bertz CT molecular complexity index is 1010. The second kappa shape index (κ2) is 13.7. The number of carbonyl (C=O) groups excluding carboxylic acids is 2. The lowest BCUT2D eigenvalue weighted by atomic mass is 9.93. The van der Waals surface area contributed by atoms with Crippen LogP contribution in [0, 0.1) is 0 Å². The van der Waals surface area contributed by atoms with Crippen molar-refractivity contribution in [1.82, 2.24) is 0 Å². The van der Waals surface area contributed by atoms with Gasteiger partial charge < -0.3 is 25.7 Å². The van der Waals surface area contributed by atoms with Crippen molar-refractivity contribution < 1.29 is 23.8 Å². The number of methoxy groups -OCH3 is 1. The van der Waals surface area contributed by atoms with Crippen LogP contribution in [0.5, 0.6) is 0 Å². The van der Waals surface area contributed by atoms with Gasteiger partial charge in [0.25, 0.3) is 0 Å². The molecule has 1 aliphatic rings. The summed E-state index contributed by atoms with van der Waals surface area (Å²) in [5.41, 5.74) is 15.4. The molecule has 1 fully saturated rings. The van der Waals surface area contributed by atoms with Gasteiger partial charge in [-0.05, 0) is 79.6 Å². The number of ether oxygens (including phenoxy) is 3. The van der Waals surface area contributed by atoms with Crippen molar-refractivity contribution in [3.8, 4) is 0 Å². The molecule has 0 radical (unpaired) electrons. The quantitative estimate of drug-likeness (QED) is 0.241.